The first-order valence-corrected chi connectivity index (χ1v) is 8.30. The second-order valence-corrected chi connectivity index (χ2v) is 7.39. The lowest BCUT2D eigenvalue weighted by atomic mass is 9.63. The Morgan fingerprint density at radius 1 is 1.08 bits per heavy atom. The van der Waals surface area contributed by atoms with Gasteiger partial charge in [0.15, 0.2) is 0 Å². The normalized spacial score (nSPS) is 38.3. The zero-order valence-corrected chi connectivity index (χ0v) is 13.1. The van der Waals surface area contributed by atoms with Gasteiger partial charge in [-0.2, -0.15) is 0 Å². The molecule has 2 amide bonds. The van der Waals surface area contributed by atoms with Crippen LogP contribution in [-0.4, -0.2) is 16.7 Å². The fourth-order valence-corrected chi connectivity index (χ4v) is 5.15. The summed E-state index contributed by atoms with van der Waals surface area (Å²) in [6, 6.07) is 4.34. The quantitative estimate of drug-likeness (QED) is 0.362. The molecule has 6 rings (SSSR count). The number of nitro benzene ring substituents is 1. The van der Waals surface area contributed by atoms with Crippen LogP contribution in [0.2, 0.25) is 0 Å². The van der Waals surface area contributed by atoms with Gasteiger partial charge in [0.1, 0.15) is 0 Å². The minimum atomic E-state index is -0.499. The molecule has 6 nitrogen and oxygen atoms in total. The lowest BCUT2D eigenvalue weighted by Crippen LogP contribution is -2.40. The number of nitrogens with zero attached hydrogens (tertiary/aromatic N) is 2. The summed E-state index contributed by atoms with van der Waals surface area (Å²) in [5.74, 6) is 0.477. The maximum absolute atomic E-state index is 13.0. The van der Waals surface area contributed by atoms with E-state index in [0.717, 1.165) is 6.42 Å². The summed E-state index contributed by atoms with van der Waals surface area (Å²) in [5.41, 5.74) is 0.961. The minimum absolute atomic E-state index is 0.102. The van der Waals surface area contributed by atoms with E-state index in [2.05, 4.69) is 12.2 Å². The van der Waals surface area contributed by atoms with Crippen molar-refractivity contribution in [1.29, 1.82) is 0 Å². The van der Waals surface area contributed by atoms with Crippen LogP contribution in [0.25, 0.3) is 0 Å². The molecule has 0 spiro atoms. The zero-order valence-electron chi connectivity index (χ0n) is 13.1. The minimum Gasteiger partial charge on any atom is -0.274 e. The van der Waals surface area contributed by atoms with Gasteiger partial charge in [-0.1, -0.05) is 18.2 Å². The van der Waals surface area contributed by atoms with Crippen LogP contribution in [0.3, 0.4) is 0 Å². The van der Waals surface area contributed by atoms with Crippen molar-refractivity contribution in [3.63, 3.8) is 0 Å². The molecular weight excluding hydrogens is 308 g/mol. The number of anilines is 1. The van der Waals surface area contributed by atoms with Crippen molar-refractivity contribution in [3.8, 4) is 0 Å². The molecule has 3 fully saturated rings. The number of imide groups is 1. The Labute approximate surface area is 138 Å². The Morgan fingerprint density at radius 2 is 1.67 bits per heavy atom. The molecule has 6 heteroatoms. The highest BCUT2D eigenvalue weighted by molar-refractivity contribution is 6.23. The summed E-state index contributed by atoms with van der Waals surface area (Å²) >= 11 is 0. The Balaban J connectivity index is 1.60. The maximum atomic E-state index is 13.0. The molecule has 4 aliphatic carbocycles. The molecular formula is C18H16N2O4. The topological polar surface area (TPSA) is 80.5 Å². The molecule has 0 N–H and O–H groups in total. The molecule has 1 aromatic carbocycles. The highest BCUT2D eigenvalue weighted by Crippen LogP contribution is 2.65. The highest BCUT2D eigenvalue weighted by atomic mass is 16.6. The second-order valence-electron chi connectivity index (χ2n) is 7.39. The van der Waals surface area contributed by atoms with Crippen LogP contribution < -0.4 is 4.90 Å². The van der Waals surface area contributed by atoms with Crippen LogP contribution in [0.4, 0.5) is 11.4 Å². The van der Waals surface area contributed by atoms with Gasteiger partial charge in [-0.15, -0.1) is 0 Å². The van der Waals surface area contributed by atoms with Gasteiger partial charge in [-0.25, -0.2) is 4.90 Å². The average molecular weight is 324 g/mol. The average Bonchev–Trinajstić information content (AvgIpc) is 3.33. The van der Waals surface area contributed by atoms with Crippen LogP contribution in [0.1, 0.15) is 12.0 Å². The van der Waals surface area contributed by atoms with E-state index in [-0.39, 0.29) is 41.2 Å². The van der Waals surface area contributed by atoms with Gasteiger partial charge in [-0.05, 0) is 42.6 Å². The van der Waals surface area contributed by atoms with Gasteiger partial charge in [-0.3, -0.25) is 19.7 Å². The fourth-order valence-electron chi connectivity index (χ4n) is 5.15. The lowest BCUT2D eigenvalue weighted by molar-refractivity contribution is -0.384. The third kappa shape index (κ3) is 1.56. The second kappa shape index (κ2) is 4.32. The number of amides is 2. The van der Waals surface area contributed by atoms with Gasteiger partial charge in [0.2, 0.25) is 11.8 Å². The van der Waals surface area contributed by atoms with Crippen molar-refractivity contribution in [2.75, 3.05) is 4.90 Å². The number of benzene rings is 1. The summed E-state index contributed by atoms with van der Waals surface area (Å²) in [7, 11) is 0. The molecule has 122 valence electrons. The van der Waals surface area contributed by atoms with Gasteiger partial charge < -0.3 is 0 Å². The predicted molar refractivity (Wildman–Crippen MR) is 85.0 cm³/mol. The monoisotopic (exact) mass is 324 g/mol. The van der Waals surface area contributed by atoms with Crippen LogP contribution in [0, 0.1) is 52.5 Å². The predicted octanol–water partition coefficient (Wildman–Crippen LogP) is 2.46. The maximum Gasteiger partial charge on any atom is 0.271 e. The van der Waals surface area contributed by atoms with E-state index in [9.17, 15) is 19.7 Å². The Morgan fingerprint density at radius 3 is 2.21 bits per heavy atom. The molecule has 1 saturated heterocycles. The van der Waals surface area contributed by atoms with Crippen molar-refractivity contribution < 1.29 is 14.5 Å². The van der Waals surface area contributed by atoms with Gasteiger partial charge >= 0.3 is 0 Å². The molecule has 2 saturated carbocycles. The first-order valence-electron chi connectivity index (χ1n) is 8.30. The Hall–Kier alpha value is -2.50. The first kappa shape index (κ1) is 13.9. The molecule has 1 aliphatic heterocycles. The summed E-state index contributed by atoms with van der Waals surface area (Å²) in [6.45, 7) is 1.77. The first-order chi connectivity index (χ1) is 11.5. The zero-order chi connectivity index (χ0) is 16.7. The molecule has 0 unspecified atom stereocenters. The number of nitro groups is 1. The fraction of sp³-hybridized carbons (Fsp3) is 0.444. The lowest BCUT2D eigenvalue weighted by Gasteiger charge is -2.37. The van der Waals surface area contributed by atoms with Crippen molar-refractivity contribution in [3.05, 3.63) is 46.0 Å². The van der Waals surface area contributed by atoms with Crippen molar-refractivity contribution in [2.45, 2.75) is 13.3 Å². The summed E-state index contributed by atoms with van der Waals surface area (Å²) < 4.78 is 0. The molecule has 1 heterocycles. The third-order valence-electron chi connectivity index (χ3n) is 6.31. The van der Waals surface area contributed by atoms with E-state index in [1.807, 2.05) is 0 Å². The van der Waals surface area contributed by atoms with E-state index in [4.69, 9.17) is 0 Å². The molecule has 1 aromatic rings. The van der Waals surface area contributed by atoms with Crippen molar-refractivity contribution in [1.82, 2.24) is 0 Å². The summed E-state index contributed by atoms with van der Waals surface area (Å²) in [5, 5.41) is 11.1. The van der Waals surface area contributed by atoms with E-state index in [1.165, 1.54) is 17.0 Å². The standard InChI is InChI=1S/C18H16N2O4/c1-8-2-3-9(20(23)24)6-14(8)19-17(21)15-10-4-5-11(13-7-12(10)13)16(15)18(19)22/h2-6,10-13,15-16H,7H2,1H3/t10-,11-,12-,13+,15+,16+/m0/s1. The molecule has 5 aliphatic rings. The van der Waals surface area contributed by atoms with E-state index in [0.29, 0.717) is 23.1 Å². The van der Waals surface area contributed by atoms with Crippen molar-refractivity contribution in [2.24, 2.45) is 35.5 Å². The number of rotatable bonds is 2. The van der Waals surface area contributed by atoms with E-state index >= 15 is 0 Å². The third-order valence-corrected chi connectivity index (χ3v) is 6.31. The van der Waals surface area contributed by atoms with Gasteiger partial charge in [0.25, 0.3) is 5.69 Å². The number of aryl methyl sites for hydroxylation is 1. The molecule has 6 atom stereocenters. The summed E-state index contributed by atoms with van der Waals surface area (Å²) in [4.78, 5) is 37.9. The largest absolute Gasteiger partial charge is 0.274 e. The Bertz CT molecular complexity index is 809. The number of non-ortho nitro benzene ring substituents is 1. The van der Waals surface area contributed by atoms with Crippen LogP contribution >= 0.6 is 0 Å². The Kier molecular flexibility index (Phi) is 2.50. The molecule has 0 radical (unpaired) electrons. The number of allylic oxidation sites excluding steroid dienone is 2. The number of carbonyl (C=O) groups is 2. The SMILES string of the molecule is Cc1ccc([N+](=O)[O-])cc1N1C(=O)[C@@H]2[C@H]3C=C[C@@H]([C@@H]4C[C@H]34)[C@H]2C1=O. The molecule has 0 aromatic heterocycles. The van der Waals surface area contributed by atoms with Gasteiger partial charge in [0.05, 0.1) is 22.4 Å². The smallest absolute Gasteiger partial charge is 0.271 e. The van der Waals surface area contributed by atoms with Crippen LogP contribution in [0.5, 0.6) is 0 Å². The van der Waals surface area contributed by atoms with Crippen LogP contribution in [-0.2, 0) is 9.59 Å². The number of carbonyl (C=O) groups excluding carboxylic acids is 2. The van der Waals surface area contributed by atoms with E-state index < -0.39 is 4.92 Å². The van der Waals surface area contributed by atoms with Crippen molar-refractivity contribution >= 4 is 23.2 Å². The number of hydrogen-bond acceptors (Lipinski definition) is 4. The molecule has 24 heavy (non-hydrogen) atoms. The number of hydrogen-bond donors (Lipinski definition) is 0. The summed E-state index contributed by atoms with van der Waals surface area (Å²) in [6.07, 6.45) is 5.36. The van der Waals surface area contributed by atoms with Gasteiger partial charge in [0, 0.05) is 12.1 Å². The highest BCUT2D eigenvalue weighted by Gasteiger charge is 2.67. The van der Waals surface area contributed by atoms with Crippen LogP contribution in [0.15, 0.2) is 30.4 Å². The van der Waals surface area contributed by atoms with E-state index in [1.54, 1.807) is 13.0 Å². The molecule has 2 bridgehead atoms.